The maximum Gasteiger partial charge on any atom is 0.137 e. The van der Waals surface area contributed by atoms with Crippen LogP contribution in [0.2, 0.25) is 0 Å². The van der Waals surface area contributed by atoms with E-state index in [4.69, 9.17) is 11.5 Å². The van der Waals surface area contributed by atoms with Crippen molar-refractivity contribution in [3.05, 3.63) is 34.1 Å². The molecule has 0 spiro atoms. The smallest absolute Gasteiger partial charge is 0.137 e. The van der Waals surface area contributed by atoms with Gasteiger partial charge in [-0.3, -0.25) is 0 Å². The van der Waals surface area contributed by atoms with Gasteiger partial charge in [0.1, 0.15) is 5.82 Å². The molecule has 0 aliphatic heterocycles. The molecule has 4 N–H and O–H groups in total. The summed E-state index contributed by atoms with van der Waals surface area (Å²) in [7, 11) is 0. The minimum atomic E-state index is -0.309. The Kier molecular flexibility index (Phi) is 3.20. The van der Waals surface area contributed by atoms with Crippen LogP contribution in [-0.2, 0) is 0 Å². The number of hydrogen-bond acceptors (Lipinski definition) is 2. The van der Waals surface area contributed by atoms with Crippen LogP contribution in [0.3, 0.4) is 0 Å². The second kappa shape index (κ2) is 3.98. The lowest BCUT2D eigenvalue weighted by atomic mass is 10.1. The van der Waals surface area contributed by atoms with Gasteiger partial charge in [-0.1, -0.05) is 6.07 Å². The van der Waals surface area contributed by atoms with Gasteiger partial charge in [-0.05, 0) is 33.6 Å². The summed E-state index contributed by atoms with van der Waals surface area (Å²) in [5.74, 6) is -0.309. The Balaban J connectivity index is 2.96. The van der Waals surface area contributed by atoms with Crippen LogP contribution < -0.4 is 11.5 Å². The molecule has 0 radical (unpaired) electrons. The summed E-state index contributed by atoms with van der Waals surface area (Å²) < 4.78 is 13.4. The van der Waals surface area contributed by atoms with Gasteiger partial charge >= 0.3 is 0 Å². The summed E-state index contributed by atoms with van der Waals surface area (Å²) in [5, 5.41) is 0. The minimum absolute atomic E-state index is 0.285. The third-order valence-electron chi connectivity index (χ3n) is 1.63. The maximum absolute atomic E-state index is 12.9. The van der Waals surface area contributed by atoms with Crippen LogP contribution in [0.15, 0.2) is 22.7 Å². The molecule has 0 aromatic heterocycles. The van der Waals surface area contributed by atoms with E-state index in [1.807, 2.05) is 0 Å². The van der Waals surface area contributed by atoms with Gasteiger partial charge < -0.3 is 11.5 Å². The Morgan fingerprint density at radius 3 is 2.67 bits per heavy atom. The lowest BCUT2D eigenvalue weighted by Gasteiger charge is -2.08. The Morgan fingerprint density at radius 2 is 2.17 bits per heavy atom. The molecule has 0 bridgehead atoms. The van der Waals surface area contributed by atoms with Crippen molar-refractivity contribution in [3.63, 3.8) is 0 Å². The summed E-state index contributed by atoms with van der Waals surface area (Å²) in [6.45, 7) is 0.321. The number of rotatable bonds is 2. The molecule has 2 nitrogen and oxygen atoms in total. The summed E-state index contributed by atoms with van der Waals surface area (Å²) in [5.41, 5.74) is 11.7. The van der Waals surface area contributed by atoms with Gasteiger partial charge in [0.15, 0.2) is 0 Å². The highest BCUT2D eigenvalue weighted by Crippen LogP contribution is 2.18. The molecule has 4 heteroatoms. The van der Waals surface area contributed by atoms with Crippen LogP contribution in [-0.4, -0.2) is 6.54 Å². The van der Waals surface area contributed by atoms with Crippen molar-refractivity contribution in [1.82, 2.24) is 0 Å². The number of halogens is 2. The molecule has 0 aliphatic carbocycles. The van der Waals surface area contributed by atoms with Crippen molar-refractivity contribution in [2.24, 2.45) is 11.5 Å². The molecular weight excluding hydrogens is 223 g/mol. The second-order valence-electron chi connectivity index (χ2n) is 2.52. The normalized spacial score (nSPS) is 13.0. The lowest BCUT2D eigenvalue weighted by Crippen LogP contribution is -2.20. The predicted octanol–water partition coefficient (Wildman–Crippen LogP) is 1.55. The van der Waals surface area contributed by atoms with Crippen LogP contribution in [0.1, 0.15) is 11.6 Å². The molecule has 1 atom stereocenters. The molecule has 0 amide bonds. The minimum Gasteiger partial charge on any atom is -0.329 e. The third kappa shape index (κ3) is 2.03. The molecule has 0 aliphatic rings. The summed E-state index contributed by atoms with van der Waals surface area (Å²) in [6.07, 6.45) is 0. The highest BCUT2D eigenvalue weighted by atomic mass is 79.9. The summed E-state index contributed by atoms with van der Waals surface area (Å²) >= 11 is 3.05. The SMILES string of the molecule is NCC(N)c1ccc(Br)c(F)c1. The Hall–Kier alpha value is -0.450. The average Bonchev–Trinajstić information content (AvgIpc) is 2.08. The molecule has 1 rings (SSSR count). The van der Waals surface area contributed by atoms with Crippen molar-refractivity contribution in [2.75, 3.05) is 6.54 Å². The molecule has 0 saturated heterocycles. The van der Waals surface area contributed by atoms with Crippen molar-refractivity contribution < 1.29 is 4.39 Å². The number of nitrogens with two attached hydrogens (primary N) is 2. The van der Waals surface area contributed by atoms with Crippen molar-refractivity contribution >= 4 is 15.9 Å². The lowest BCUT2D eigenvalue weighted by molar-refractivity contribution is 0.613. The Morgan fingerprint density at radius 1 is 1.50 bits per heavy atom. The highest BCUT2D eigenvalue weighted by Gasteiger charge is 2.06. The zero-order valence-electron chi connectivity index (χ0n) is 6.43. The predicted molar refractivity (Wildman–Crippen MR) is 50.1 cm³/mol. The van der Waals surface area contributed by atoms with Crippen LogP contribution >= 0.6 is 15.9 Å². The molecular formula is C8H10BrFN2. The van der Waals surface area contributed by atoms with Gasteiger partial charge in [-0.25, -0.2) is 4.39 Å². The zero-order valence-corrected chi connectivity index (χ0v) is 8.01. The van der Waals surface area contributed by atoms with Gasteiger partial charge in [0.25, 0.3) is 0 Å². The monoisotopic (exact) mass is 232 g/mol. The average molecular weight is 233 g/mol. The Bertz CT molecular complexity index is 278. The quantitative estimate of drug-likeness (QED) is 0.814. The number of hydrogen-bond donors (Lipinski definition) is 2. The van der Waals surface area contributed by atoms with E-state index in [9.17, 15) is 4.39 Å². The largest absolute Gasteiger partial charge is 0.329 e. The van der Waals surface area contributed by atoms with Crippen LogP contribution in [0.5, 0.6) is 0 Å². The van der Waals surface area contributed by atoms with Crippen LogP contribution in [0, 0.1) is 5.82 Å². The summed E-state index contributed by atoms with van der Waals surface area (Å²) in [4.78, 5) is 0. The first kappa shape index (κ1) is 9.64. The first-order valence-corrected chi connectivity index (χ1v) is 4.35. The number of benzene rings is 1. The summed E-state index contributed by atoms with van der Waals surface area (Å²) in [6, 6.07) is 4.49. The van der Waals surface area contributed by atoms with Gasteiger partial charge in [-0.2, -0.15) is 0 Å². The first-order chi connectivity index (χ1) is 5.65. The van der Waals surface area contributed by atoms with Gasteiger partial charge in [0.2, 0.25) is 0 Å². The van der Waals surface area contributed by atoms with E-state index in [0.29, 0.717) is 11.0 Å². The molecule has 0 saturated carbocycles. The molecule has 1 aromatic carbocycles. The molecule has 1 aromatic rings. The van der Waals surface area contributed by atoms with E-state index in [2.05, 4.69) is 15.9 Å². The van der Waals surface area contributed by atoms with Crippen LogP contribution in [0.25, 0.3) is 0 Å². The van der Waals surface area contributed by atoms with Crippen molar-refractivity contribution in [2.45, 2.75) is 6.04 Å². The molecule has 1 unspecified atom stereocenters. The van der Waals surface area contributed by atoms with E-state index < -0.39 is 0 Å². The van der Waals surface area contributed by atoms with Gasteiger partial charge in [0.05, 0.1) is 4.47 Å². The topological polar surface area (TPSA) is 52.0 Å². The maximum atomic E-state index is 12.9. The van der Waals surface area contributed by atoms with Crippen molar-refractivity contribution in [3.8, 4) is 0 Å². The third-order valence-corrected chi connectivity index (χ3v) is 2.27. The van der Waals surface area contributed by atoms with E-state index in [1.54, 1.807) is 12.1 Å². The second-order valence-corrected chi connectivity index (χ2v) is 3.37. The van der Waals surface area contributed by atoms with E-state index in [0.717, 1.165) is 5.56 Å². The first-order valence-electron chi connectivity index (χ1n) is 3.55. The fourth-order valence-electron chi connectivity index (χ4n) is 0.879. The molecule has 0 heterocycles. The molecule has 0 fully saturated rings. The fourth-order valence-corrected chi connectivity index (χ4v) is 1.13. The van der Waals surface area contributed by atoms with Gasteiger partial charge in [-0.15, -0.1) is 0 Å². The Labute approximate surface area is 78.9 Å². The van der Waals surface area contributed by atoms with Crippen LogP contribution in [0.4, 0.5) is 4.39 Å². The molecule has 66 valence electrons. The fraction of sp³-hybridized carbons (Fsp3) is 0.250. The zero-order chi connectivity index (χ0) is 9.14. The highest BCUT2D eigenvalue weighted by molar-refractivity contribution is 9.10. The van der Waals surface area contributed by atoms with E-state index >= 15 is 0 Å². The molecule has 12 heavy (non-hydrogen) atoms. The van der Waals surface area contributed by atoms with E-state index in [1.165, 1.54) is 6.07 Å². The van der Waals surface area contributed by atoms with E-state index in [-0.39, 0.29) is 11.9 Å². The van der Waals surface area contributed by atoms with Crippen molar-refractivity contribution in [1.29, 1.82) is 0 Å². The van der Waals surface area contributed by atoms with Gasteiger partial charge in [0, 0.05) is 12.6 Å². The standard InChI is InChI=1S/C8H10BrFN2/c9-6-2-1-5(3-7(6)10)8(12)4-11/h1-3,8H,4,11-12H2.